The van der Waals surface area contributed by atoms with E-state index in [1.165, 1.54) is 40.0 Å². The Hall–Kier alpha value is -2.49. The molecule has 5 rings (SSSR count). The zero-order chi connectivity index (χ0) is 22.9. The summed E-state index contributed by atoms with van der Waals surface area (Å²) < 4.78 is 1.75. The third kappa shape index (κ3) is 4.25. The van der Waals surface area contributed by atoms with Crippen molar-refractivity contribution >= 4 is 55.7 Å². The highest BCUT2D eigenvalue weighted by atomic mass is 32.2. The number of amides is 1. The van der Waals surface area contributed by atoms with Gasteiger partial charge in [-0.3, -0.25) is 19.1 Å². The predicted molar refractivity (Wildman–Crippen MR) is 137 cm³/mol. The smallest absolute Gasteiger partial charge is 0.267 e. The molecule has 0 fully saturated rings. The molecule has 4 aromatic rings. The number of thioether (sulfide) groups is 1. The molecule has 3 aromatic heterocycles. The third-order valence-electron chi connectivity index (χ3n) is 5.79. The molecule has 0 N–H and O–H groups in total. The normalized spacial score (nSPS) is 13.3. The van der Waals surface area contributed by atoms with E-state index in [0.717, 1.165) is 40.9 Å². The number of rotatable bonds is 6. The maximum atomic E-state index is 13.8. The van der Waals surface area contributed by atoms with Crippen LogP contribution in [0.2, 0.25) is 0 Å². The van der Waals surface area contributed by atoms with Crippen molar-refractivity contribution in [2.75, 3.05) is 11.4 Å². The number of nitrogens with zero attached hydrogens (tertiary/aromatic N) is 4. The van der Waals surface area contributed by atoms with E-state index in [-0.39, 0.29) is 11.5 Å². The third-order valence-corrected chi connectivity index (χ3v) is 8.86. The van der Waals surface area contributed by atoms with E-state index in [1.54, 1.807) is 27.7 Å². The average Bonchev–Trinajstić information content (AvgIpc) is 3.43. The summed E-state index contributed by atoms with van der Waals surface area (Å²) >= 11 is 4.65. The lowest BCUT2D eigenvalue weighted by Crippen LogP contribution is -2.27. The van der Waals surface area contributed by atoms with Crippen LogP contribution in [-0.4, -0.2) is 27.0 Å². The monoisotopic (exact) mass is 496 g/mol. The number of hydrogen-bond donors (Lipinski definition) is 0. The standard InChI is InChI=1S/C24H24N4O2S3/c1-3-27(15(2)29)23-25-16(13-31-23)14-32-24-26-21-20(18-11-7-8-12-19(18)33-21)22(30)28(24)17-9-5-4-6-10-17/h4-6,9-10,13H,3,7-8,11-12,14H2,1-2H3. The molecule has 0 aliphatic heterocycles. The molecule has 0 atom stereocenters. The molecular formula is C24H24N4O2S3. The Bertz CT molecular complexity index is 1370. The van der Waals surface area contributed by atoms with Crippen molar-refractivity contribution in [3.63, 3.8) is 0 Å². The second-order valence-electron chi connectivity index (χ2n) is 7.93. The van der Waals surface area contributed by atoms with Gasteiger partial charge in [0.05, 0.1) is 16.8 Å². The molecule has 9 heteroatoms. The number of aryl methyl sites for hydroxylation is 2. The summed E-state index contributed by atoms with van der Waals surface area (Å²) in [5, 5.41) is 4.14. The van der Waals surface area contributed by atoms with E-state index in [2.05, 4.69) is 4.98 Å². The van der Waals surface area contributed by atoms with Crippen molar-refractivity contribution in [2.24, 2.45) is 0 Å². The van der Waals surface area contributed by atoms with Gasteiger partial charge in [0.25, 0.3) is 5.56 Å². The van der Waals surface area contributed by atoms with Crippen molar-refractivity contribution in [2.45, 2.75) is 50.4 Å². The van der Waals surface area contributed by atoms with E-state index >= 15 is 0 Å². The van der Waals surface area contributed by atoms with Crippen molar-refractivity contribution in [1.82, 2.24) is 14.5 Å². The van der Waals surface area contributed by atoms with Gasteiger partial charge in [-0.1, -0.05) is 30.0 Å². The van der Waals surface area contributed by atoms with Gasteiger partial charge in [0.2, 0.25) is 5.91 Å². The molecule has 6 nitrogen and oxygen atoms in total. The first-order chi connectivity index (χ1) is 16.1. The molecule has 33 heavy (non-hydrogen) atoms. The number of fused-ring (bicyclic) bond motifs is 3. The Labute approximate surface area is 204 Å². The van der Waals surface area contributed by atoms with E-state index in [1.807, 2.05) is 42.6 Å². The maximum absolute atomic E-state index is 13.8. The Morgan fingerprint density at radius 3 is 2.73 bits per heavy atom. The zero-order valence-electron chi connectivity index (χ0n) is 18.5. The number of para-hydroxylation sites is 1. The number of aromatic nitrogens is 3. The minimum Gasteiger partial charge on any atom is -0.289 e. The van der Waals surface area contributed by atoms with Crippen LogP contribution in [0.25, 0.3) is 15.9 Å². The van der Waals surface area contributed by atoms with Crippen molar-refractivity contribution < 1.29 is 4.79 Å². The van der Waals surface area contributed by atoms with Crippen LogP contribution in [0, 0.1) is 0 Å². The molecule has 3 heterocycles. The fraction of sp³-hybridized carbons (Fsp3) is 0.333. The average molecular weight is 497 g/mol. The van der Waals surface area contributed by atoms with Gasteiger partial charge in [-0.05, 0) is 50.3 Å². The molecule has 0 saturated heterocycles. The van der Waals surface area contributed by atoms with Gasteiger partial charge < -0.3 is 0 Å². The number of benzene rings is 1. The number of carbonyl (C=O) groups excluding carboxylic acids is 1. The van der Waals surface area contributed by atoms with Crippen LogP contribution in [0.15, 0.2) is 45.7 Å². The number of carbonyl (C=O) groups is 1. The minimum absolute atomic E-state index is 0.0146. The first-order valence-electron chi connectivity index (χ1n) is 11.0. The molecule has 0 saturated carbocycles. The number of thiophene rings is 1. The zero-order valence-corrected chi connectivity index (χ0v) is 21.0. The number of anilines is 1. The Morgan fingerprint density at radius 1 is 1.18 bits per heavy atom. The first-order valence-corrected chi connectivity index (χ1v) is 13.7. The molecule has 1 aliphatic carbocycles. The van der Waals surface area contributed by atoms with Gasteiger partial charge in [0, 0.05) is 29.5 Å². The summed E-state index contributed by atoms with van der Waals surface area (Å²) in [5.74, 6) is 0.555. The fourth-order valence-corrected chi connectivity index (χ4v) is 7.45. The summed E-state index contributed by atoms with van der Waals surface area (Å²) in [5.41, 5.74) is 2.91. The maximum Gasteiger partial charge on any atom is 0.267 e. The minimum atomic E-state index is -0.0160. The molecule has 1 amide bonds. The largest absolute Gasteiger partial charge is 0.289 e. The lowest BCUT2D eigenvalue weighted by atomic mass is 9.97. The lowest BCUT2D eigenvalue weighted by molar-refractivity contribution is -0.116. The van der Waals surface area contributed by atoms with E-state index in [4.69, 9.17) is 4.98 Å². The summed E-state index contributed by atoms with van der Waals surface area (Å²) in [7, 11) is 0. The van der Waals surface area contributed by atoms with Gasteiger partial charge in [0.15, 0.2) is 10.3 Å². The van der Waals surface area contributed by atoms with Gasteiger partial charge >= 0.3 is 0 Å². The number of thiazole rings is 1. The van der Waals surface area contributed by atoms with E-state index in [9.17, 15) is 9.59 Å². The highest BCUT2D eigenvalue weighted by molar-refractivity contribution is 7.98. The molecule has 0 unspecified atom stereocenters. The van der Waals surface area contributed by atoms with Gasteiger partial charge in [0.1, 0.15) is 4.83 Å². The molecular weight excluding hydrogens is 472 g/mol. The Balaban J connectivity index is 1.54. The van der Waals surface area contributed by atoms with E-state index < -0.39 is 0 Å². The van der Waals surface area contributed by atoms with Gasteiger partial charge in [-0.25, -0.2) is 9.97 Å². The van der Waals surface area contributed by atoms with Crippen LogP contribution in [0.5, 0.6) is 0 Å². The van der Waals surface area contributed by atoms with Crippen LogP contribution >= 0.6 is 34.4 Å². The Morgan fingerprint density at radius 2 is 1.97 bits per heavy atom. The van der Waals surface area contributed by atoms with Crippen molar-refractivity contribution in [3.8, 4) is 5.69 Å². The van der Waals surface area contributed by atoms with Crippen molar-refractivity contribution in [3.05, 3.63) is 62.2 Å². The topological polar surface area (TPSA) is 68.1 Å². The molecule has 1 aliphatic rings. The SMILES string of the molecule is CCN(C(C)=O)c1nc(CSc2nc3sc4c(c3c(=O)n2-c2ccccc2)CCCC4)cs1. The van der Waals surface area contributed by atoms with Gasteiger partial charge in [-0.2, -0.15) is 0 Å². The molecule has 170 valence electrons. The predicted octanol–water partition coefficient (Wildman–Crippen LogP) is 5.45. The summed E-state index contributed by atoms with van der Waals surface area (Å²) in [6.07, 6.45) is 4.30. The highest BCUT2D eigenvalue weighted by Gasteiger charge is 2.23. The quantitative estimate of drug-likeness (QED) is 0.262. The van der Waals surface area contributed by atoms with Crippen molar-refractivity contribution in [1.29, 1.82) is 0 Å². The van der Waals surface area contributed by atoms with Gasteiger partial charge in [-0.15, -0.1) is 22.7 Å². The number of hydrogen-bond acceptors (Lipinski definition) is 7. The van der Waals surface area contributed by atoms with Crippen LogP contribution in [0.4, 0.5) is 5.13 Å². The van der Waals surface area contributed by atoms with Crippen LogP contribution in [0.3, 0.4) is 0 Å². The fourth-order valence-electron chi connectivity index (χ4n) is 4.21. The molecule has 0 spiro atoms. The van der Waals surface area contributed by atoms with E-state index in [0.29, 0.717) is 22.6 Å². The highest BCUT2D eigenvalue weighted by Crippen LogP contribution is 2.36. The first kappa shape index (κ1) is 22.3. The molecule has 0 bridgehead atoms. The van der Waals surface area contributed by atoms with Crippen LogP contribution < -0.4 is 10.5 Å². The molecule has 0 radical (unpaired) electrons. The lowest BCUT2D eigenvalue weighted by Gasteiger charge is -2.14. The van der Waals surface area contributed by atoms with Crippen LogP contribution in [-0.2, 0) is 23.4 Å². The summed E-state index contributed by atoms with van der Waals surface area (Å²) in [6, 6.07) is 9.73. The summed E-state index contributed by atoms with van der Waals surface area (Å²) in [4.78, 5) is 39.1. The Kier molecular flexibility index (Phi) is 6.36. The second-order valence-corrected chi connectivity index (χ2v) is 10.8. The second kappa shape index (κ2) is 9.40. The molecule has 1 aromatic carbocycles. The summed E-state index contributed by atoms with van der Waals surface area (Å²) in [6.45, 7) is 4.08. The van der Waals surface area contributed by atoms with Crippen LogP contribution in [0.1, 0.15) is 42.8 Å².